The Labute approximate surface area is 590 Å². The van der Waals surface area contributed by atoms with Crippen molar-refractivity contribution in [3.8, 4) is 11.1 Å². The van der Waals surface area contributed by atoms with Crippen LogP contribution in [0.25, 0.3) is 34.9 Å². The fraction of sp³-hybridized carbons (Fsp3) is 0.0208. The van der Waals surface area contributed by atoms with Crippen LogP contribution < -0.4 is 19.6 Å². The first-order valence-corrected chi connectivity index (χ1v) is 34.0. The lowest BCUT2D eigenvalue weighted by molar-refractivity contribution is 1.27. The third-order valence-electron chi connectivity index (χ3n) is 17.3. The van der Waals surface area contributed by atoms with E-state index in [4.69, 9.17) is 0 Å². The summed E-state index contributed by atoms with van der Waals surface area (Å²) in [4.78, 5) is 9.14. The van der Waals surface area contributed by atoms with Crippen molar-refractivity contribution < 1.29 is 0 Å². The largest absolute Gasteiger partial charge is 0.311 e. The lowest BCUT2D eigenvalue weighted by atomic mass is 9.95. The van der Waals surface area contributed by atoms with Crippen molar-refractivity contribution in [3.05, 3.63) is 458 Å². The summed E-state index contributed by atoms with van der Waals surface area (Å²) in [6, 6.07) is 147. The van der Waals surface area contributed by atoms with E-state index in [0.717, 1.165) is 68.2 Å². The molecule has 4 heteroatoms. The lowest BCUT2D eigenvalue weighted by Gasteiger charge is -2.26. The topological polar surface area (TPSA) is 13.0 Å². The van der Waals surface area contributed by atoms with Gasteiger partial charge in [0.05, 0.1) is 0 Å². The van der Waals surface area contributed by atoms with Crippen LogP contribution >= 0.6 is 0 Å². The van der Waals surface area contributed by atoms with E-state index >= 15 is 0 Å². The van der Waals surface area contributed by atoms with Crippen LogP contribution in [0.4, 0.5) is 68.2 Å². The second kappa shape index (κ2) is 33.1. The van der Waals surface area contributed by atoms with Gasteiger partial charge in [-0.1, -0.05) is 296 Å². The minimum Gasteiger partial charge on any atom is -0.311 e. The first-order valence-electron chi connectivity index (χ1n) is 34.0. The van der Waals surface area contributed by atoms with E-state index in [1.807, 2.05) is 18.2 Å². The Morgan fingerprint density at radius 1 is 0.180 bits per heavy atom. The molecule has 0 aromatic heterocycles. The second-order valence-corrected chi connectivity index (χ2v) is 24.3. The van der Waals surface area contributed by atoms with Crippen molar-refractivity contribution >= 4 is 92.0 Å². The average Bonchev–Trinajstić information content (AvgIpc) is 0.824. The van der Waals surface area contributed by atoms with E-state index < -0.39 is 0 Å². The van der Waals surface area contributed by atoms with Gasteiger partial charge in [0.1, 0.15) is 0 Å². The van der Waals surface area contributed by atoms with Gasteiger partial charge in [0.2, 0.25) is 0 Å². The van der Waals surface area contributed by atoms with Gasteiger partial charge < -0.3 is 19.6 Å². The molecule has 0 saturated heterocycles. The van der Waals surface area contributed by atoms with Gasteiger partial charge in [-0.15, -0.1) is 0 Å². The Bertz CT molecular complexity index is 4640. The number of nitrogens with zero attached hydrogens (tertiary/aromatic N) is 4. The highest BCUT2D eigenvalue weighted by Crippen LogP contribution is 2.40. The molecule has 0 aliphatic heterocycles. The highest BCUT2D eigenvalue weighted by Gasteiger charge is 2.17. The fourth-order valence-electron chi connectivity index (χ4n) is 12.2. The molecule has 0 heterocycles. The maximum absolute atomic E-state index is 2.31. The molecule has 482 valence electrons. The summed E-state index contributed by atoms with van der Waals surface area (Å²) >= 11 is 0. The van der Waals surface area contributed by atoms with Crippen LogP contribution in [0.15, 0.2) is 419 Å². The van der Waals surface area contributed by atoms with E-state index in [0.29, 0.717) is 0 Å². The molecule has 0 radical (unpaired) electrons. The lowest BCUT2D eigenvalue weighted by Crippen LogP contribution is -2.09. The molecule has 0 aliphatic rings. The Balaban J connectivity index is 0.000000136. The maximum atomic E-state index is 2.31. The zero-order chi connectivity index (χ0) is 67.9. The molecular weight excluding hydrogens is 1210 g/mol. The van der Waals surface area contributed by atoms with Crippen molar-refractivity contribution in [1.29, 1.82) is 0 Å². The summed E-state index contributed by atoms with van der Waals surface area (Å²) in [5, 5.41) is 0. The first-order chi connectivity index (χ1) is 49.4. The monoisotopic (exact) mass is 1290 g/mol. The minimum absolute atomic E-state index is 1.13. The average molecular weight is 1290 g/mol. The number of rotatable bonds is 18. The van der Waals surface area contributed by atoms with Crippen LogP contribution in [0, 0.1) is 13.8 Å². The van der Waals surface area contributed by atoms with Crippen LogP contribution in [-0.4, -0.2) is 0 Å². The fourth-order valence-corrected chi connectivity index (χ4v) is 12.2. The van der Waals surface area contributed by atoms with Crippen molar-refractivity contribution in [2.45, 2.75) is 13.8 Å². The predicted octanol–water partition coefficient (Wildman–Crippen LogP) is 27.0. The highest BCUT2D eigenvalue weighted by molar-refractivity contribution is 5.92. The molecule has 0 spiro atoms. The molecule has 0 atom stereocenters. The van der Waals surface area contributed by atoms with Crippen LogP contribution in [-0.2, 0) is 0 Å². The normalized spacial score (nSPS) is 10.7. The molecule has 0 bridgehead atoms. The summed E-state index contributed by atoms with van der Waals surface area (Å²) < 4.78 is 0. The van der Waals surface area contributed by atoms with Gasteiger partial charge in [-0.25, -0.2) is 0 Å². The summed E-state index contributed by atoms with van der Waals surface area (Å²) in [7, 11) is 0. The molecular formula is C96H78N4. The predicted molar refractivity (Wildman–Crippen MR) is 428 cm³/mol. The molecule has 0 unspecified atom stereocenters. The maximum Gasteiger partial charge on any atom is 0.0462 e. The molecule has 100 heavy (non-hydrogen) atoms. The molecule has 4 nitrogen and oxygen atoms in total. The van der Waals surface area contributed by atoms with E-state index in [2.05, 4.69) is 452 Å². The molecule has 15 aromatic carbocycles. The molecule has 0 amide bonds. The van der Waals surface area contributed by atoms with E-state index in [-0.39, 0.29) is 0 Å². The van der Waals surface area contributed by atoms with Gasteiger partial charge in [0, 0.05) is 68.2 Å². The summed E-state index contributed by atoms with van der Waals surface area (Å²) in [5.41, 5.74) is 25.8. The van der Waals surface area contributed by atoms with E-state index in [9.17, 15) is 0 Å². The standard InChI is InChI=1S/C36H28N2.C34H29N.C26H21N/c1-5-13-31(14-6-1)37(32-15-7-2-8-16-32)35-25-21-29(22-26-35)30-23-27-36(28-24-30)38(33-17-9-3-10-18-33)34-19-11-4-12-20-34;1-26-13-19-31(20-14-26)35(32-21-15-27(2)16-22-32)33-23-17-28(18-24-33)25-34(29-9-5-3-6-10-29)30-11-7-4-8-12-30;1-4-10-22(11-5-1)16-17-23-18-20-26(21-19-23)27(24-12-6-2-7-13-24)25-14-8-3-9-15-25/h1-28H;3-25H,1-2H3;1-21H/b;;17-16+. The zero-order valence-electron chi connectivity index (χ0n) is 56.4. The number of benzene rings is 15. The highest BCUT2D eigenvalue weighted by atomic mass is 15.2. The number of anilines is 12. The SMILES string of the molecule is C(=C\c1ccc(N(c2ccccc2)c2ccccc2)cc1)/c1ccccc1.Cc1ccc(N(c2ccc(C)cc2)c2ccc(C=C(c3ccccc3)c3ccccc3)cc2)cc1.c1ccc(N(c2ccccc2)c2ccc(-c3ccc(N(c4ccccc4)c4ccccc4)cc3)cc2)cc1. The number of hydrogen-bond acceptors (Lipinski definition) is 4. The van der Waals surface area contributed by atoms with Gasteiger partial charge in [-0.05, 0) is 210 Å². The van der Waals surface area contributed by atoms with Crippen LogP contribution in [0.3, 0.4) is 0 Å². The molecule has 15 aromatic rings. The summed E-state index contributed by atoms with van der Waals surface area (Å²) in [6.07, 6.45) is 6.56. The van der Waals surface area contributed by atoms with Crippen LogP contribution in [0.5, 0.6) is 0 Å². The molecule has 0 N–H and O–H groups in total. The van der Waals surface area contributed by atoms with Gasteiger partial charge in [0.25, 0.3) is 0 Å². The summed E-state index contributed by atoms with van der Waals surface area (Å²) in [5.74, 6) is 0. The van der Waals surface area contributed by atoms with Crippen molar-refractivity contribution in [2.24, 2.45) is 0 Å². The Hall–Kier alpha value is -13.0. The van der Waals surface area contributed by atoms with E-state index in [1.165, 1.54) is 55.6 Å². The molecule has 15 rings (SSSR count). The molecule has 0 aliphatic carbocycles. The van der Waals surface area contributed by atoms with Crippen LogP contribution in [0.2, 0.25) is 0 Å². The van der Waals surface area contributed by atoms with Crippen molar-refractivity contribution in [1.82, 2.24) is 0 Å². The molecule has 0 saturated carbocycles. The molecule has 0 fully saturated rings. The number of para-hydroxylation sites is 6. The van der Waals surface area contributed by atoms with E-state index in [1.54, 1.807) is 0 Å². The zero-order valence-corrected chi connectivity index (χ0v) is 56.4. The first kappa shape index (κ1) is 65.6. The Morgan fingerprint density at radius 3 is 0.630 bits per heavy atom. The smallest absolute Gasteiger partial charge is 0.0462 e. The minimum atomic E-state index is 1.13. The van der Waals surface area contributed by atoms with Crippen LogP contribution in [0.1, 0.15) is 38.9 Å². The van der Waals surface area contributed by atoms with Gasteiger partial charge in [-0.3, -0.25) is 0 Å². The Morgan fingerprint density at radius 2 is 0.370 bits per heavy atom. The Kier molecular flexibility index (Phi) is 21.7. The van der Waals surface area contributed by atoms with Gasteiger partial charge in [-0.2, -0.15) is 0 Å². The van der Waals surface area contributed by atoms with Gasteiger partial charge >= 0.3 is 0 Å². The quantitative estimate of drug-likeness (QED) is 0.0794. The van der Waals surface area contributed by atoms with Gasteiger partial charge in [0.15, 0.2) is 0 Å². The summed E-state index contributed by atoms with van der Waals surface area (Å²) in [6.45, 7) is 4.25. The van der Waals surface area contributed by atoms with Crippen molar-refractivity contribution in [2.75, 3.05) is 19.6 Å². The number of aryl methyl sites for hydroxylation is 2. The van der Waals surface area contributed by atoms with Crippen molar-refractivity contribution in [3.63, 3.8) is 0 Å². The third-order valence-corrected chi connectivity index (χ3v) is 17.3. The number of hydrogen-bond donors (Lipinski definition) is 0. The third kappa shape index (κ3) is 17.0. The second-order valence-electron chi connectivity index (χ2n) is 24.3.